The minimum atomic E-state index is -1.25. The fraction of sp³-hybridized carbons (Fsp3) is 0.500. The summed E-state index contributed by atoms with van der Waals surface area (Å²) >= 11 is 0. The van der Waals surface area contributed by atoms with Gasteiger partial charge in [0, 0.05) is 0 Å². The summed E-state index contributed by atoms with van der Waals surface area (Å²) in [6.45, 7) is -0.764. The monoisotopic (exact) mass is 91.0 g/mol. The van der Waals surface area contributed by atoms with Crippen molar-refractivity contribution < 1.29 is 20.0 Å². The van der Waals surface area contributed by atoms with E-state index in [9.17, 15) is 4.79 Å². The van der Waals surface area contributed by atoms with Gasteiger partial charge in [0.05, 0.1) is 0 Å². The van der Waals surface area contributed by atoms with Crippen molar-refractivity contribution in [3.05, 3.63) is 0 Å². The molecule has 0 amide bonds. The average molecular weight is 91.0 g/mol. The lowest BCUT2D eigenvalue weighted by atomic mass is 10.8. The van der Waals surface area contributed by atoms with Crippen molar-refractivity contribution in [3.63, 3.8) is 0 Å². The van der Waals surface area contributed by atoms with E-state index in [-0.39, 0.29) is 0 Å². The summed E-state index contributed by atoms with van der Waals surface area (Å²) < 4.78 is 0. The molecule has 1 N–H and O–H groups in total. The second-order valence-corrected chi connectivity index (χ2v) is 0.656. The molecular formula is C2H3O4. The van der Waals surface area contributed by atoms with Crippen LogP contribution in [0, 0.1) is 0 Å². The second kappa shape index (κ2) is 2.62. The SMILES string of the molecule is [O]OCC(=O)O. The van der Waals surface area contributed by atoms with Gasteiger partial charge in [-0.1, -0.05) is 0 Å². The van der Waals surface area contributed by atoms with Gasteiger partial charge >= 0.3 is 5.97 Å². The van der Waals surface area contributed by atoms with Crippen LogP contribution in [0.2, 0.25) is 0 Å². The third-order valence-electron chi connectivity index (χ3n) is 0.182. The zero-order chi connectivity index (χ0) is 4.99. The summed E-state index contributed by atoms with van der Waals surface area (Å²) in [6, 6.07) is 0. The summed E-state index contributed by atoms with van der Waals surface area (Å²) in [5.41, 5.74) is 0. The molecule has 0 aliphatic carbocycles. The molecule has 0 aliphatic rings. The van der Waals surface area contributed by atoms with Gasteiger partial charge in [-0.3, -0.25) is 0 Å². The largest absolute Gasteiger partial charge is 0.479 e. The zero-order valence-corrected chi connectivity index (χ0v) is 2.88. The van der Waals surface area contributed by atoms with Crippen LogP contribution in [-0.4, -0.2) is 17.7 Å². The summed E-state index contributed by atoms with van der Waals surface area (Å²) in [6.07, 6.45) is 0. The molecule has 0 bridgehead atoms. The first kappa shape index (κ1) is 5.39. The highest BCUT2D eigenvalue weighted by atomic mass is 17.1. The van der Waals surface area contributed by atoms with Gasteiger partial charge in [-0.2, -0.15) is 4.89 Å². The third kappa shape index (κ3) is 3.39. The molecular weight excluding hydrogens is 88.0 g/mol. The number of rotatable bonds is 2. The number of carboxylic acids is 1. The molecule has 35 valence electrons. The Labute approximate surface area is 33.9 Å². The van der Waals surface area contributed by atoms with Crippen LogP contribution in [0.5, 0.6) is 0 Å². The Morgan fingerprint density at radius 1 is 1.83 bits per heavy atom. The van der Waals surface area contributed by atoms with Crippen LogP contribution in [0.1, 0.15) is 0 Å². The van der Waals surface area contributed by atoms with Crippen molar-refractivity contribution in [2.75, 3.05) is 6.61 Å². The van der Waals surface area contributed by atoms with Crippen LogP contribution in [0.15, 0.2) is 0 Å². The standard InChI is InChI=1S/C2H3O4/c3-2(4)1-6-5/h1H2,(H,3,4). The Morgan fingerprint density at radius 3 is 2.33 bits per heavy atom. The molecule has 0 aromatic heterocycles. The Hall–Kier alpha value is -0.610. The zero-order valence-electron chi connectivity index (χ0n) is 2.88. The molecule has 0 aromatic carbocycles. The molecule has 0 heterocycles. The van der Waals surface area contributed by atoms with Crippen molar-refractivity contribution >= 4 is 5.97 Å². The van der Waals surface area contributed by atoms with E-state index in [1.165, 1.54) is 0 Å². The predicted octanol–water partition coefficient (Wildman–Crippen LogP) is -0.567. The summed E-state index contributed by atoms with van der Waals surface area (Å²) in [7, 11) is 0. The van der Waals surface area contributed by atoms with E-state index < -0.39 is 12.6 Å². The van der Waals surface area contributed by atoms with Crippen molar-refractivity contribution in [1.82, 2.24) is 0 Å². The first-order chi connectivity index (χ1) is 2.77. The van der Waals surface area contributed by atoms with Crippen LogP contribution >= 0.6 is 0 Å². The summed E-state index contributed by atoms with van der Waals surface area (Å²) in [5, 5.41) is 16.4. The van der Waals surface area contributed by atoms with Crippen molar-refractivity contribution in [2.24, 2.45) is 0 Å². The minimum Gasteiger partial charge on any atom is -0.479 e. The predicted molar refractivity (Wildman–Crippen MR) is 14.3 cm³/mol. The number of carbonyl (C=O) groups is 1. The van der Waals surface area contributed by atoms with Gasteiger partial charge in [0.2, 0.25) is 0 Å². The molecule has 0 saturated heterocycles. The van der Waals surface area contributed by atoms with E-state index in [4.69, 9.17) is 10.4 Å². The third-order valence-corrected chi connectivity index (χ3v) is 0.182. The topological polar surface area (TPSA) is 66.4 Å². The lowest BCUT2D eigenvalue weighted by molar-refractivity contribution is -0.300. The Bertz CT molecular complexity index is 49.5. The molecule has 0 rings (SSSR count). The number of hydrogen-bond acceptors (Lipinski definition) is 2. The molecule has 6 heavy (non-hydrogen) atoms. The van der Waals surface area contributed by atoms with E-state index >= 15 is 0 Å². The molecule has 0 aromatic rings. The molecule has 1 radical (unpaired) electrons. The molecule has 0 atom stereocenters. The molecule has 4 heteroatoms. The molecule has 0 spiro atoms. The van der Waals surface area contributed by atoms with E-state index in [1.807, 2.05) is 0 Å². The van der Waals surface area contributed by atoms with E-state index in [1.54, 1.807) is 0 Å². The van der Waals surface area contributed by atoms with Gasteiger partial charge in [0.1, 0.15) is 0 Å². The maximum absolute atomic E-state index is 9.27. The fourth-order valence-electron chi connectivity index (χ4n) is 0.0504. The van der Waals surface area contributed by atoms with Crippen LogP contribution in [-0.2, 0) is 14.9 Å². The maximum atomic E-state index is 9.27. The highest BCUT2D eigenvalue weighted by molar-refractivity contribution is 5.67. The van der Waals surface area contributed by atoms with Gasteiger partial charge in [-0.05, 0) is 5.26 Å². The molecule has 4 nitrogen and oxygen atoms in total. The van der Waals surface area contributed by atoms with Gasteiger partial charge in [-0.15, -0.1) is 0 Å². The molecule has 0 saturated carbocycles. The number of aliphatic carboxylic acids is 1. The Morgan fingerprint density at radius 2 is 2.33 bits per heavy atom. The first-order valence-electron chi connectivity index (χ1n) is 1.24. The van der Waals surface area contributed by atoms with Crippen LogP contribution in [0.25, 0.3) is 0 Å². The first-order valence-corrected chi connectivity index (χ1v) is 1.24. The smallest absolute Gasteiger partial charge is 0.333 e. The highest BCUT2D eigenvalue weighted by Crippen LogP contribution is 1.62. The van der Waals surface area contributed by atoms with Crippen molar-refractivity contribution in [2.45, 2.75) is 0 Å². The highest BCUT2D eigenvalue weighted by Gasteiger charge is 1.91. The Kier molecular flexibility index (Phi) is 2.35. The molecule has 0 fully saturated rings. The van der Waals surface area contributed by atoms with Gasteiger partial charge in [0.25, 0.3) is 0 Å². The average Bonchev–Trinajstić information content (AvgIpc) is 1.35. The number of carboxylic acid groups (broad SMARTS) is 1. The second-order valence-electron chi connectivity index (χ2n) is 0.656. The Balaban J connectivity index is 2.83. The maximum Gasteiger partial charge on any atom is 0.333 e. The lowest BCUT2D eigenvalue weighted by Gasteiger charge is -1.78. The summed E-state index contributed by atoms with van der Waals surface area (Å²) in [4.78, 5) is 12.2. The van der Waals surface area contributed by atoms with Crippen LogP contribution < -0.4 is 0 Å². The van der Waals surface area contributed by atoms with Gasteiger partial charge < -0.3 is 5.11 Å². The van der Waals surface area contributed by atoms with Crippen molar-refractivity contribution in [3.8, 4) is 0 Å². The van der Waals surface area contributed by atoms with Gasteiger partial charge in [0.15, 0.2) is 6.61 Å². The molecule has 0 unspecified atom stereocenters. The van der Waals surface area contributed by atoms with Crippen molar-refractivity contribution in [1.29, 1.82) is 0 Å². The normalized spacial score (nSPS) is 8.17. The minimum absolute atomic E-state index is 0.764. The molecule has 0 aliphatic heterocycles. The van der Waals surface area contributed by atoms with Crippen LogP contribution in [0.3, 0.4) is 0 Å². The van der Waals surface area contributed by atoms with E-state index in [2.05, 4.69) is 4.89 Å². The van der Waals surface area contributed by atoms with Crippen LogP contribution in [0.4, 0.5) is 0 Å². The number of hydrogen-bond donors (Lipinski definition) is 1. The van der Waals surface area contributed by atoms with E-state index in [0.717, 1.165) is 0 Å². The summed E-state index contributed by atoms with van der Waals surface area (Å²) in [5.74, 6) is -1.25. The van der Waals surface area contributed by atoms with E-state index in [0.29, 0.717) is 0 Å². The quantitative estimate of drug-likeness (QED) is 0.365. The fourth-order valence-corrected chi connectivity index (χ4v) is 0.0504. The van der Waals surface area contributed by atoms with Gasteiger partial charge in [-0.25, -0.2) is 4.79 Å². The lowest BCUT2D eigenvalue weighted by Crippen LogP contribution is -2.02.